The first-order valence-electron chi connectivity index (χ1n) is 5.74. The molecular weight excluding hydrogens is 284 g/mol. The van der Waals surface area contributed by atoms with Crippen LogP contribution in [0.15, 0.2) is 36.5 Å². The summed E-state index contributed by atoms with van der Waals surface area (Å²) in [6, 6.07) is 5.66. The van der Waals surface area contributed by atoms with E-state index in [1.165, 1.54) is 19.3 Å². The molecule has 1 amide bonds. The van der Waals surface area contributed by atoms with Crippen LogP contribution in [-0.2, 0) is 0 Å². The van der Waals surface area contributed by atoms with Crippen LogP contribution in [0, 0.1) is 21.7 Å². The fraction of sp³-hybridized carbons (Fsp3) is 0.0769. The highest BCUT2D eigenvalue weighted by atomic mass is 19.1. The number of pyridine rings is 1. The Balaban J connectivity index is 2.40. The minimum Gasteiger partial charge on any atom is -0.296 e. The average Bonchev–Trinajstić information content (AvgIpc) is 2.48. The molecule has 0 saturated heterocycles. The summed E-state index contributed by atoms with van der Waals surface area (Å²) in [5.74, 6) is -3.07. The van der Waals surface area contributed by atoms with Gasteiger partial charge < -0.3 is 0 Å². The maximum Gasteiger partial charge on any atom is 0.307 e. The zero-order valence-corrected chi connectivity index (χ0v) is 10.8. The molecule has 0 aliphatic rings. The quantitative estimate of drug-likeness (QED) is 0.643. The molecule has 0 aliphatic carbocycles. The standard InChI is InChI=1S/C13H9F2N3O3/c1-17(12-4-2-3-5-16-12)13(19)8-6-10(15)11(18(20)21)7-9(8)14/h2-7H,1H3. The van der Waals surface area contributed by atoms with Gasteiger partial charge in [-0.2, -0.15) is 4.39 Å². The zero-order valence-electron chi connectivity index (χ0n) is 10.8. The molecule has 6 nitrogen and oxygen atoms in total. The van der Waals surface area contributed by atoms with Gasteiger partial charge in [-0.3, -0.25) is 19.8 Å². The van der Waals surface area contributed by atoms with Crippen molar-refractivity contribution in [2.24, 2.45) is 0 Å². The minimum atomic E-state index is -1.28. The molecule has 1 aromatic carbocycles. The van der Waals surface area contributed by atoms with E-state index in [1.807, 2.05) is 0 Å². The summed E-state index contributed by atoms with van der Waals surface area (Å²) < 4.78 is 27.3. The van der Waals surface area contributed by atoms with Gasteiger partial charge in [-0.25, -0.2) is 9.37 Å². The maximum absolute atomic E-state index is 13.8. The van der Waals surface area contributed by atoms with Crippen LogP contribution in [0.5, 0.6) is 0 Å². The van der Waals surface area contributed by atoms with Gasteiger partial charge in [0.05, 0.1) is 16.6 Å². The molecule has 8 heteroatoms. The first-order valence-corrected chi connectivity index (χ1v) is 5.74. The van der Waals surface area contributed by atoms with Gasteiger partial charge in [0.15, 0.2) is 0 Å². The lowest BCUT2D eigenvalue weighted by atomic mass is 10.1. The lowest BCUT2D eigenvalue weighted by Crippen LogP contribution is -2.28. The number of nitro groups is 1. The van der Waals surface area contributed by atoms with E-state index in [4.69, 9.17) is 0 Å². The van der Waals surface area contributed by atoms with Crippen LogP contribution in [0.25, 0.3) is 0 Å². The van der Waals surface area contributed by atoms with Crippen LogP contribution in [0.2, 0.25) is 0 Å². The molecule has 0 atom stereocenters. The van der Waals surface area contributed by atoms with Crippen LogP contribution >= 0.6 is 0 Å². The first-order chi connectivity index (χ1) is 9.91. The number of carbonyl (C=O) groups is 1. The minimum absolute atomic E-state index is 0.237. The lowest BCUT2D eigenvalue weighted by Gasteiger charge is -2.16. The van der Waals surface area contributed by atoms with Crippen LogP contribution in [0.3, 0.4) is 0 Å². The van der Waals surface area contributed by atoms with E-state index in [1.54, 1.807) is 12.1 Å². The second-order valence-electron chi connectivity index (χ2n) is 4.09. The molecule has 0 fully saturated rings. The fourth-order valence-electron chi connectivity index (χ4n) is 1.68. The molecule has 108 valence electrons. The predicted octanol–water partition coefficient (Wildman–Crippen LogP) is 2.54. The van der Waals surface area contributed by atoms with Crippen molar-refractivity contribution in [3.63, 3.8) is 0 Å². The number of aromatic nitrogens is 1. The number of halogens is 2. The van der Waals surface area contributed by atoms with E-state index >= 15 is 0 Å². The molecule has 1 aromatic heterocycles. The Bertz CT molecular complexity index is 707. The van der Waals surface area contributed by atoms with Gasteiger partial charge >= 0.3 is 5.69 Å². The van der Waals surface area contributed by atoms with Crippen molar-refractivity contribution in [2.75, 3.05) is 11.9 Å². The van der Waals surface area contributed by atoms with Gasteiger partial charge in [-0.1, -0.05) is 6.07 Å². The Labute approximate surface area is 117 Å². The van der Waals surface area contributed by atoms with Gasteiger partial charge in [0.25, 0.3) is 5.91 Å². The number of nitrogens with zero attached hydrogens (tertiary/aromatic N) is 3. The predicted molar refractivity (Wildman–Crippen MR) is 70.0 cm³/mol. The van der Waals surface area contributed by atoms with Crippen molar-refractivity contribution in [1.29, 1.82) is 0 Å². The SMILES string of the molecule is CN(C(=O)c1cc(F)c([N+](=O)[O-])cc1F)c1ccccn1. The topological polar surface area (TPSA) is 76.3 Å². The number of rotatable bonds is 3. The number of nitro benzene ring substituents is 1. The van der Waals surface area contributed by atoms with Gasteiger partial charge in [0.1, 0.15) is 11.6 Å². The molecule has 0 unspecified atom stereocenters. The number of anilines is 1. The fourth-order valence-corrected chi connectivity index (χ4v) is 1.68. The van der Waals surface area contributed by atoms with Gasteiger partial charge in [0, 0.05) is 13.2 Å². The third kappa shape index (κ3) is 2.83. The van der Waals surface area contributed by atoms with E-state index in [2.05, 4.69) is 4.98 Å². The normalized spacial score (nSPS) is 10.2. The summed E-state index contributed by atoms with van der Waals surface area (Å²) in [7, 11) is 1.34. The van der Waals surface area contributed by atoms with Crippen LogP contribution in [-0.4, -0.2) is 22.9 Å². The number of amides is 1. The first kappa shape index (κ1) is 14.5. The molecular formula is C13H9F2N3O3. The number of benzene rings is 1. The Morgan fingerprint density at radius 2 is 2.00 bits per heavy atom. The maximum atomic E-state index is 13.8. The highest BCUT2D eigenvalue weighted by molar-refractivity contribution is 6.05. The Kier molecular flexibility index (Phi) is 3.88. The zero-order chi connectivity index (χ0) is 15.6. The summed E-state index contributed by atoms with van der Waals surface area (Å²) in [6.45, 7) is 0. The van der Waals surface area contributed by atoms with Gasteiger partial charge in [-0.15, -0.1) is 0 Å². The molecule has 0 spiro atoms. The van der Waals surface area contributed by atoms with E-state index in [-0.39, 0.29) is 5.82 Å². The lowest BCUT2D eigenvalue weighted by molar-refractivity contribution is -0.387. The average molecular weight is 293 g/mol. The second kappa shape index (κ2) is 5.61. The summed E-state index contributed by atoms with van der Waals surface area (Å²) in [6.07, 6.45) is 1.44. The van der Waals surface area contributed by atoms with E-state index in [9.17, 15) is 23.7 Å². The summed E-state index contributed by atoms with van der Waals surface area (Å²) in [5.41, 5.74) is -1.63. The van der Waals surface area contributed by atoms with Crippen LogP contribution in [0.1, 0.15) is 10.4 Å². The van der Waals surface area contributed by atoms with Crippen molar-refractivity contribution in [1.82, 2.24) is 4.98 Å². The summed E-state index contributed by atoms with van der Waals surface area (Å²) >= 11 is 0. The monoisotopic (exact) mass is 293 g/mol. The van der Waals surface area contributed by atoms with E-state index in [0.717, 1.165) is 4.90 Å². The third-order valence-electron chi connectivity index (χ3n) is 2.76. The highest BCUT2D eigenvalue weighted by Gasteiger charge is 2.24. The number of carbonyl (C=O) groups excluding carboxylic acids is 1. The Morgan fingerprint density at radius 1 is 1.29 bits per heavy atom. The molecule has 2 rings (SSSR count). The largest absolute Gasteiger partial charge is 0.307 e. The van der Waals surface area contributed by atoms with Gasteiger partial charge in [0.2, 0.25) is 5.82 Å². The van der Waals surface area contributed by atoms with Crippen molar-refractivity contribution >= 4 is 17.4 Å². The van der Waals surface area contributed by atoms with E-state index < -0.39 is 33.7 Å². The number of hydrogen-bond donors (Lipinski definition) is 0. The summed E-state index contributed by atoms with van der Waals surface area (Å²) in [4.78, 5) is 26.5. The molecule has 0 saturated carbocycles. The van der Waals surface area contributed by atoms with Crippen molar-refractivity contribution in [3.8, 4) is 0 Å². The van der Waals surface area contributed by atoms with Crippen molar-refractivity contribution in [2.45, 2.75) is 0 Å². The molecule has 2 aromatic rings. The Morgan fingerprint density at radius 3 is 2.57 bits per heavy atom. The van der Waals surface area contributed by atoms with Crippen molar-refractivity contribution in [3.05, 3.63) is 63.8 Å². The molecule has 0 aliphatic heterocycles. The highest BCUT2D eigenvalue weighted by Crippen LogP contribution is 2.23. The van der Waals surface area contributed by atoms with E-state index in [0.29, 0.717) is 12.1 Å². The second-order valence-corrected chi connectivity index (χ2v) is 4.09. The summed E-state index contributed by atoms with van der Waals surface area (Å²) in [5, 5.41) is 10.5. The van der Waals surface area contributed by atoms with Crippen LogP contribution < -0.4 is 4.90 Å². The van der Waals surface area contributed by atoms with Crippen molar-refractivity contribution < 1.29 is 18.5 Å². The van der Waals surface area contributed by atoms with Crippen LogP contribution in [0.4, 0.5) is 20.3 Å². The Hall–Kier alpha value is -2.90. The third-order valence-corrected chi connectivity index (χ3v) is 2.76. The molecule has 21 heavy (non-hydrogen) atoms. The molecule has 0 N–H and O–H groups in total. The molecule has 0 bridgehead atoms. The smallest absolute Gasteiger partial charge is 0.296 e. The molecule has 1 heterocycles. The molecule has 0 radical (unpaired) electrons. The van der Waals surface area contributed by atoms with Gasteiger partial charge in [-0.05, 0) is 18.2 Å². The number of hydrogen-bond acceptors (Lipinski definition) is 4.